The first-order valence-corrected chi connectivity index (χ1v) is 8.76. The van der Waals surface area contributed by atoms with E-state index in [0.29, 0.717) is 19.3 Å². The lowest BCUT2D eigenvalue weighted by Crippen LogP contribution is -2.45. The van der Waals surface area contributed by atoms with Crippen LogP contribution in [0.4, 0.5) is 0 Å². The second kappa shape index (κ2) is 9.09. The zero-order chi connectivity index (χ0) is 15.1. The van der Waals surface area contributed by atoms with Gasteiger partial charge in [-0.25, -0.2) is 0 Å². The molecule has 2 fully saturated rings. The highest BCUT2D eigenvalue weighted by atomic mass is 16.5. The fraction of sp³-hybridized carbons (Fsp3) is 1.00. The number of ether oxygens (including phenoxy) is 2. The molecule has 4 nitrogen and oxygen atoms in total. The summed E-state index contributed by atoms with van der Waals surface area (Å²) in [5.74, 6) is 0.725. The van der Waals surface area contributed by atoms with Crippen molar-refractivity contribution >= 4 is 0 Å². The number of aliphatic hydroxyl groups excluding tert-OH is 1. The summed E-state index contributed by atoms with van der Waals surface area (Å²) >= 11 is 0. The normalized spacial score (nSPS) is 29.1. The van der Waals surface area contributed by atoms with Gasteiger partial charge in [0.1, 0.15) is 0 Å². The monoisotopic (exact) mass is 299 g/mol. The van der Waals surface area contributed by atoms with Crippen LogP contribution < -0.4 is 0 Å². The Morgan fingerprint density at radius 2 is 2.10 bits per heavy atom. The van der Waals surface area contributed by atoms with Gasteiger partial charge in [-0.1, -0.05) is 20.3 Å². The minimum Gasteiger partial charge on any atom is -0.389 e. The van der Waals surface area contributed by atoms with Gasteiger partial charge in [0.25, 0.3) is 0 Å². The third-order valence-corrected chi connectivity index (χ3v) is 4.58. The van der Waals surface area contributed by atoms with E-state index in [2.05, 4.69) is 18.7 Å². The average Bonchev–Trinajstić information content (AvgIpc) is 2.93. The zero-order valence-electron chi connectivity index (χ0n) is 13.8. The summed E-state index contributed by atoms with van der Waals surface area (Å²) in [5.41, 5.74) is 0. The van der Waals surface area contributed by atoms with Crippen LogP contribution in [0.15, 0.2) is 0 Å². The molecule has 0 bridgehead atoms. The number of β-amino-alcohol motifs (C(OH)–C–C–N with tert-alkyl or cyclic N) is 1. The van der Waals surface area contributed by atoms with Gasteiger partial charge in [-0.3, -0.25) is 4.90 Å². The van der Waals surface area contributed by atoms with Crippen molar-refractivity contribution in [2.45, 2.75) is 70.6 Å². The Kier molecular flexibility index (Phi) is 7.44. The number of rotatable bonds is 8. The van der Waals surface area contributed by atoms with Gasteiger partial charge in [0.15, 0.2) is 0 Å². The Balaban J connectivity index is 1.65. The van der Waals surface area contributed by atoms with Crippen LogP contribution in [0.5, 0.6) is 0 Å². The van der Waals surface area contributed by atoms with E-state index in [1.165, 1.54) is 25.7 Å². The minimum atomic E-state index is -0.376. The molecular formula is C17H33NO3. The SMILES string of the molecule is CC(C)CC1CCCCN1CC(O)COCC1CCCO1. The third-order valence-electron chi connectivity index (χ3n) is 4.58. The Bertz CT molecular complexity index is 279. The van der Waals surface area contributed by atoms with Gasteiger partial charge in [0.05, 0.1) is 25.4 Å². The molecule has 0 spiro atoms. The van der Waals surface area contributed by atoms with Gasteiger partial charge in [0.2, 0.25) is 0 Å². The molecule has 3 unspecified atom stereocenters. The molecule has 2 aliphatic heterocycles. The van der Waals surface area contributed by atoms with E-state index in [1.54, 1.807) is 0 Å². The summed E-state index contributed by atoms with van der Waals surface area (Å²) in [6.07, 6.45) is 7.22. The fourth-order valence-corrected chi connectivity index (χ4v) is 3.55. The van der Waals surface area contributed by atoms with Gasteiger partial charge in [0, 0.05) is 19.2 Å². The number of aliphatic hydroxyl groups is 1. The van der Waals surface area contributed by atoms with Gasteiger partial charge in [-0.2, -0.15) is 0 Å². The lowest BCUT2D eigenvalue weighted by molar-refractivity contribution is -0.0322. The predicted octanol–water partition coefficient (Wildman–Crippen LogP) is 2.44. The molecule has 1 N–H and O–H groups in total. The van der Waals surface area contributed by atoms with Crippen molar-refractivity contribution in [1.29, 1.82) is 0 Å². The largest absolute Gasteiger partial charge is 0.389 e. The fourth-order valence-electron chi connectivity index (χ4n) is 3.55. The maximum atomic E-state index is 10.2. The van der Waals surface area contributed by atoms with Crippen molar-refractivity contribution < 1.29 is 14.6 Å². The molecule has 2 rings (SSSR count). The van der Waals surface area contributed by atoms with Gasteiger partial charge >= 0.3 is 0 Å². The molecule has 0 aliphatic carbocycles. The van der Waals surface area contributed by atoms with Crippen molar-refractivity contribution in [3.8, 4) is 0 Å². The van der Waals surface area contributed by atoms with Gasteiger partial charge in [-0.15, -0.1) is 0 Å². The standard InChI is InChI=1S/C17H33NO3/c1-14(2)10-15-6-3-4-8-18(15)11-16(19)12-20-13-17-7-5-9-21-17/h14-17,19H,3-13H2,1-2H3. The van der Waals surface area contributed by atoms with E-state index in [-0.39, 0.29) is 12.2 Å². The molecule has 2 aliphatic rings. The molecule has 0 aromatic heterocycles. The summed E-state index contributed by atoms with van der Waals surface area (Å²) in [6.45, 7) is 8.38. The number of hydrogen-bond acceptors (Lipinski definition) is 4. The van der Waals surface area contributed by atoms with E-state index in [1.807, 2.05) is 0 Å². The van der Waals surface area contributed by atoms with E-state index in [0.717, 1.165) is 38.5 Å². The van der Waals surface area contributed by atoms with Crippen LogP contribution in [0.3, 0.4) is 0 Å². The molecule has 3 atom stereocenters. The van der Waals surface area contributed by atoms with Crippen LogP contribution in [0.2, 0.25) is 0 Å². The number of likely N-dealkylation sites (tertiary alicyclic amines) is 1. The molecule has 2 saturated heterocycles. The smallest absolute Gasteiger partial charge is 0.0900 e. The lowest BCUT2D eigenvalue weighted by atomic mass is 9.94. The second-order valence-corrected chi connectivity index (χ2v) is 7.10. The maximum absolute atomic E-state index is 10.2. The van der Waals surface area contributed by atoms with Crippen LogP contribution in [-0.4, -0.2) is 61.2 Å². The summed E-state index contributed by atoms with van der Waals surface area (Å²) in [5, 5.41) is 10.2. The molecule has 0 aromatic carbocycles. The van der Waals surface area contributed by atoms with Crippen molar-refractivity contribution in [3.05, 3.63) is 0 Å². The first kappa shape index (κ1) is 17.2. The molecule has 2 heterocycles. The minimum absolute atomic E-state index is 0.251. The molecule has 21 heavy (non-hydrogen) atoms. The van der Waals surface area contributed by atoms with Crippen LogP contribution in [0, 0.1) is 5.92 Å². The molecule has 124 valence electrons. The quantitative estimate of drug-likeness (QED) is 0.747. The molecule has 4 heteroatoms. The Labute approximate surface area is 129 Å². The molecule has 0 aromatic rings. The first-order valence-electron chi connectivity index (χ1n) is 8.76. The molecule has 0 saturated carbocycles. The average molecular weight is 299 g/mol. The third kappa shape index (κ3) is 6.23. The Morgan fingerprint density at radius 1 is 1.24 bits per heavy atom. The second-order valence-electron chi connectivity index (χ2n) is 7.10. The highest BCUT2D eigenvalue weighted by Crippen LogP contribution is 2.23. The van der Waals surface area contributed by atoms with Crippen LogP contribution >= 0.6 is 0 Å². The van der Waals surface area contributed by atoms with E-state index in [4.69, 9.17) is 9.47 Å². The molecular weight excluding hydrogens is 266 g/mol. The van der Waals surface area contributed by atoms with E-state index in [9.17, 15) is 5.11 Å². The Morgan fingerprint density at radius 3 is 2.81 bits per heavy atom. The Hall–Kier alpha value is -0.160. The van der Waals surface area contributed by atoms with E-state index >= 15 is 0 Å². The van der Waals surface area contributed by atoms with E-state index < -0.39 is 0 Å². The van der Waals surface area contributed by atoms with Crippen LogP contribution in [0.1, 0.15) is 52.4 Å². The van der Waals surface area contributed by atoms with Crippen molar-refractivity contribution in [1.82, 2.24) is 4.90 Å². The highest BCUT2D eigenvalue weighted by Gasteiger charge is 2.25. The number of piperidine rings is 1. The van der Waals surface area contributed by atoms with Crippen molar-refractivity contribution in [3.63, 3.8) is 0 Å². The van der Waals surface area contributed by atoms with Crippen molar-refractivity contribution in [2.24, 2.45) is 5.92 Å². The summed E-state index contributed by atoms with van der Waals surface area (Å²) in [7, 11) is 0. The topological polar surface area (TPSA) is 41.9 Å². The number of nitrogens with zero attached hydrogens (tertiary/aromatic N) is 1. The predicted molar refractivity (Wildman–Crippen MR) is 84.5 cm³/mol. The van der Waals surface area contributed by atoms with Crippen molar-refractivity contribution in [2.75, 3.05) is 32.9 Å². The first-order chi connectivity index (χ1) is 10.1. The molecule has 0 amide bonds. The lowest BCUT2D eigenvalue weighted by Gasteiger charge is -2.37. The summed E-state index contributed by atoms with van der Waals surface area (Å²) in [4.78, 5) is 2.48. The van der Waals surface area contributed by atoms with Crippen LogP contribution in [0.25, 0.3) is 0 Å². The highest BCUT2D eigenvalue weighted by molar-refractivity contribution is 4.79. The number of hydrogen-bond donors (Lipinski definition) is 1. The summed E-state index contributed by atoms with van der Waals surface area (Å²) < 4.78 is 11.2. The van der Waals surface area contributed by atoms with Crippen LogP contribution in [-0.2, 0) is 9.47 Å². The molecule has 0 radical (unpaired) electrons. The van der Waals surface area contributed by atoms with Gasteiger partial charge < -0.3 is 14.6 Å². The maximum Gasteiger partial charge on any atom is 0.0900 e. The van der Waals surface area contributed by atoms with Gasteiger partial charge in [-0.05, 0) is 44.6 Å². The zero-order valence-corrected chi connectivity index (χ0v) is 13.8. The summed E-state index contributed by atoms with van der Waals surface area (Å²) in [6, 6.07) is 0.645.